The second kappa shape index (κ2) is 4.22. The molecular formula is C11H14O3. The van der Waals surface area contributed by atoms with Gasteiger partial charge in [-0.25, -0.2) is 0 Å². The molecule has 0 aromatic heterocycles. The van der Waals surface area contributed by atoms with Gasteiger partial charge in [-0.15, -0.1) is 6.58 Å². The maximum Gasteiger partial charge on any atom is 0.320 e. The summed E-state index contributed by atoms with van der Waals surface area (Å²) in [5.41, 5.74) is -0.992. The van der Waals surface area contributed by atoms with E-state index in [4.69, 9.17) is 4.74 Å². The van der Waals surface area contributed by atoms with Crippen molar-refractivity contribution in [2.24, 2.45) is 5.41 Å². The van der Waals surface area contributed by atoms with Crippen LogP contribution in [0, 0.1) is 5.41 Å². The van der Waals surface area contributed by atoms with Crippen LogP contribution < -0.4 is 0 Å². The van der Waals surface area contributed by atoms with Crippen LogP contribution in [0.3, 0.4) is 0 Å². The Balaban J connectivity index is 2.97. The number of carbonyl (C=O) groups is 2. The number of hydrogen-bond acceptors (Lipinski definition) is 3. The minimum Gasteiger partial charge on any atom is -0.465 e. The Morgan fingerprint density at radius 3 is 2.86 bits per heavy atom. The Kier molecular flexibility index (Phi) is 3.23. The quantitative estimate of drug-likeness (QED) is 0.296. The SMILES string of the molecule is C=CCC1(C(=O)/C=C/C)CCOC1=O. The van der Waals surface area contributed by atoms with E-state index in [-0.39, 0.29) is 5.78 Å². The average molecular weight is 194 g/mol. The van der Waals surface area contributed by atoms with Crippen molar-refractivity contribution in [3.05, 3.63) is 24.8 Å². The lowest BCUT2D eigenvalue weighted by Crippen LogP contribution is -2.34. The molecule has 14 heavy (non-hydrogen) atoms. The molecule has 0 aromatic carbocycles. The predicted molar refractivity (Wildman–Crippen MR) is 52.6 cm³/mol. The van der Waals surface area contributed by atoms with E-state index in [0.29, 0.717) is 19.4 Å². The zero-order valence-corrected chi connectivity index (χ0v) is 8.29. The van der Waals surface area contributed by atoms with Gasteiger partial charge in [-0.2, -0.15) is 0 Å². The Labute approximate surface area is 83.4 Å². The number of rotatable bonds is 4. The summed E-state index contributed by atoms with van der Waals surface area (Å²) in [6.45, 7) is 5.64. The van der Waals surface area contributed by atoms with Crippen molar-refractivity contribution < 1.29 is 14.3 Å². The summed E-state index contributed by atoms with van der Waals surface area (Å²) < 4.78 is 4.85. The highest BCUT2D eigenvalue weighted by Crippen LogP contribution is 2.35. The highest BCUT2D eigenvalue weighted by Gasteiger charge is 2.48. The van der Waals surface area contributed by atoms with Crippen LogP contribution in [0.5, 0.6) is 0 Å². The van der Waals surface area contributed by atoms with E-state index in [9.17, 15) is 9.59 Å². The number of esters is 1. The fraction of sp³-hybridized carbons (Fsp3) is 0.455. The molecule has 1 rings (SSSR count). The van der Waals surface area contributed by atoms with Gasteiger partial charge >= 0.3 is 5.97 Å². The van der Waals surface area contributed by atoms with Crippen molar-refractivity contribution in [1.82, 2.24) is 0 Å². The van der Waals surface area contributed by atoms with Crippen LogP contribution in [0.25, 0.3) is 0 Å². The molecule has 0 saturated carbocycles. The summed E-state index contributed by atoms with van der Waals surface area (Å²) in [5, 5.41) is 0. The Morgan fingerprint density at radius 1 is 1.71 bits per heavy atom. The molecule has 1 unspecified atom stereocenters. The third kappa shape index (κ3) is 1.62. The molecule has 0 amide bonds. The average Bonchev–Trinajstić information content (AvgIpc) is 2.50. The van der Waals surface area contributed by atoms with Crippen LogP contribution in [0.15, 0.2) is 24.8 Å². The van der Waals surface area contributed by atoms with E-state index in [2.05, 4.69) is 6.58 Å². The van der Waals surface area contributed by atoms with Crippen LogP contribution in [-0.2, 0) is 14.3 Å². The molecule has 1 heterocycles. The first-order valence-electron chi connectivity index (χ1n) is 4.62. The summed E-state index contributed by atoms with van der Waals surface area (Å²) in [6.07, 6.45) is 5.47. The number of ether oxygens (including phenoxy) is 1. The van der Waals surface area contributed by atoms with Gasteiger partial charge in [0.05, 0.1) is 6.61 Å². The minimum absolute atomic E-state index is 0.178. The van der Waals surface area contributed by atoms with Crippen LogP contribution in [-0.4, -0.2) is 18.4 Å². The maximum absolute atomic E-state index is 11.7. The number of carbonyl (C=O) groups excluding carboxylic acids is 2. The van der Waals surface area contributed by atoms with Crippen molar-refractivity contribution in [3.63, 3.8) is 0 Å². The predicted octanol–water partition coefficient (Wildman–Crippen LogP) is 1.64. The largest absolute Gasteiger partial charge is 0.465 e. The Morgan fingerprint density at radius 2 is 2.43 bits per heavy atom. The van der Waals surface area contributed by atoms with E-state index in [1.807, 2.05) is 0 Å². The summed E-state index contributed by atoms with van der Waals surface area (Å²) in [4.78, 5) is 23.2. The first kappa shape index (κ1) is 10.7. The zero-order chi connectivity index (χ0) is 10.6. The van der Waals surface area contributed by atoms with Gasteiger partial charge in [-0.3, -0.25) is 9.59 Å². The van der Waals surface area contributed by atoms with Gasteiger partial charge in [-0.05, 0) is 19.4 Å². The molecule has 0 aliphatic carbocycles. The monoisotopic (exact) mass is 194 g/mol. The standard InChI is InChI=1S/C11H14O3/c1-3-5-9(12)11(6-4-2)7-8-14-10(11)13/h3-5H,2,6-8H2,1H3/b5-3+. The lowest BCUT2D eigenvalue weighted by Gasteiger charge is -2.18. The molecule has 1 atom stereocenters. The van der Waals surface area contributed by atoms with Crippen LogP contribution in [0.2, 0.25) is 0 Å². The molecule has 1 aliphatic heterocycles. The molecule has 0 aromatic rings. The molecule has 3 heteroatoms. The number of cyclic esters (lactones) is 1. The second-order valence-electron chi connectivity index (χ2n) is 3.33. The fourth-order valence-corrected chi connectivity index (χ4v) is 1.63. The topological polar surface area (TPSA) is 43.4 Å². The summed E-state index contributed by atoms with van der Waals surface area (Å²) in [5.74, 6) is -0.595. The fourth-order valence-electron chi connectivity index (χ4n) is 1.63. The number of hydrogen-bond donors (Lipinski definition) is 0. The first-order valence-corrected chi connectivity index (χ1v) is 4.62. The van der Waals surface area contributed by atoms with E-state index in [1.54, 1.807) is 19.1 Å². The lowest BCUT2D eigenvalue weighted by molar-refractivity contribution is -0.149. The van der Waals surface area contributed by atoms with Crippen molar-refractivity contribution in [1.29, 1.82) is 0 Å². The molecule has 3 nitrogen and oxygen atoms in total. The van der Waals surface area contributed by atoms with E-state index in [1.165, 1.54) is 6.08 Å². The van der Waals surface area contributed by atoms with Gasteiger partial charge in [0.15, 0.2) is 5.78 Å². The highest BCUT2D eigenvalue weighted by molar-refractivity contribution is 6.10. The molecule has 0 radical (unpaired) electrons. The van der Waals surface area contributed by atoms with Crippen LogP contribution >= 0.6 is 0 Å². The summed E-state index contributed by atoms with van der Waals surface area (Å²) in [7, 11) is 0. The smallest absolute Gasteiger partial charge is 0.320 e. The summed E-state index contributed by atoms with van der Waals surface area (Å²) in [6, 6.07) is 0. The third-order valence-electron chi connectivity index (χ3n) is 2.44. The van der Waals surface area contributed by atoms with E-state index >= 15 is 0 Å². The molecule has 1 fully saturated rings. The zero-order valence-electron chi connectivity index (χ0n) is 8.29. The van der Waals surface area contributed by atoms with Gasteiger partial charge in [0.1, 0.15) is 5.41 Å². The van der Waals surface area contributed by atoms with Gasteiger partial charge in [0.2, 0.25) is 0 Å². The molecule has 0 N–H and O–H groups in total. The van der Waals surface area contributed by atoms with Gasteiger partial charge < -0.3 is 4.74 Å². The number of allylic oxidation sites excluding steroid dienone is 3. The van der Waals surface area contributed by atoms with Gasteiger partial charge in [0, 0.05) is 6.42 Å². The van der Waals surface area contributed by atoms with E-state index < -0.39 is 11.4 Å². The molecular weight excluding hydrogens is 180 g/mol. The van der Waals surface area contributed by atoms with Crippen molar-refractivity contribution in [2.75, 3.05) is 6.61 Å². The number of ketones is 1. The Hall–Kier alpha value is -1.38. The van der Waals surface area contributed by atoms with Gasteiger partial charge in [0.25, 0.3) is 0 Å². The van der Waals surface area contributed by atoms with E-state index in [0.717, 1.165) is 0 Å². The van der Waals surface area contributed by atoms with Crippen molar-refractivity contribution >= 4 is 11.8 Å². The molecule has 76 valence electrons. The molecule has 1 aliphatic rings. The normalized spacial score (nSPS) is 26.5. The lowest BCUT2D eigenvalue weighted by atomic mass is 9.78. The Bertz CT molecular complexity index is 291. The van der Waals surface area contributed by atoms with Crippen LogP contribution in [0.1, 0.15) is 19.8 Å². The van der Waals surface area contributed by atoms with Crippen molar-refractivity contribution in [3.8, 4) is 0 Å². The highest BCUT2D eigenvalue weighted by atomic mass is 16.5. The molecule has 1 saturated heterocycles. The van der Waals surface area contributed by atoms with Gasteiger partial charge in [-0.1, -0.05) is 12.2 Å². The first-order chi connectivity index (χ1) is 6.67. The molecule has 0 bridgehead atoms. The third-order valence-corrected chi connectivity index (χ3v) is 2.44. The van der Waals surface area contributed by atoms with Crippen LogP contribution in [0.4, 0.5) is 0 Å². The maximum atomic E-state index is 11.7. The second-order valence-corrected chi connectivity index (χ2v) is 3.33. The molecule has 0 spiro atoms. The minimum atomic E-state index is -0.992. The summed E-state index contributed by atoms with van der Waals surface area (Å²) >= 11 is 0. The van der Waals surface area contributed by atoms with Crippen molar-refractivity contribution in [2.45, 2.75) is 19.8 Å².